The standard InChI is InChI=1S/C27H23ClN2O3S2/c1-20-16-17-21(28)18-25(20)30(35(32,33)23-12-6-3-7-13-23)19-27(31)29-24-14-8-9-15-26(24)34-22-10-4-2-5-11-22/h2-18H,19H2,1H3,(H,29,31). The molecule has 0 heterocycles. The Labute approximate surface area is 214 Å². The first-order chi connectivity index (χ1) is 16.8. The van der Waals surface area contributed by atoms with Crippen LogP contribution in [0.15, 0.2) is 118 Å². The third-order valence-corrected chi connectivity index (χ3v) is 8.28. The Morgan fingerprint density at radius 3 is 2.23 bits per heavy atom. The second kappa shape index (κ2) is 11.0. The average Bonchev–Trinajstić information content (AvgIpc) is 2.86. The molecular formula is C27H23ClN2O3S2. The number of nitrogens with zero attached hydrogens (tertiary/aromatic N) is 1. The molecule has 0 spiro atoms. The number of sulfonamides is 1. The zero-order valence-corrected chi connectivity index (χ0v) is 21.3. The summed E-state index contributed by atoms with van der Waals surface area (Å²) < 4.78 is 28.3. The quantitative estimate of drug-likeness (QED) is 0.282. The van der Waals surface area contributed by atoms with Gasteiger partial charge in [0.2, 0.25) is 5.91 Å². The minimum Gasteiger partial charge on any atom is -0.323 e. The van der Waals surface area contributed by atoms with Crippen LogP contribution in [0.1, 0.15) is 5.56 Å². The van der Waals surface area contributed by atoms with E-state index in [0.29, 0.717) is 22.0 Å². The van der Waals surface area contributed by atoms with E-state index in [9.17, 15) is 13.2 Å². The number of para-hydroxylation sites is 1. The van der Waals surface area contributed by atoms with Crippen LogP contribution in [-0.2, 0) is 14.8 Å². The molecular weight excluding hydrogens is 500 g/mol. The highest BCUT2D eigenvalue weighted by Gasteiger charge is 2.28. The zero-order valence-electron chi connectivity index (χ0n) is 18.9. The van der Waals surface area contributed by atoms with Crippen molar-refractivity contribution < 1.29 is 13.2 Å². The number of carbonyl (C=O) groups excluding carboxylic acids is 1. The largest absolute Gasteiger partial charge is 0.323 e. The van der Waals surface area contributed by atoms with Gasteiger partial charge in [0.25, 0.3) is 10.0 Å². The molecule has 178 valence electrons. The van der Waals surface area contributed by atoms with E-state index in [1.807, 2.05) is 48.5 Å². The fraction of sp³-hybridized carbons (Fsp3) is 0.0741. The molecule has 0 unspecified atom stereocenters. The summed E-state index contributed by atoms with van der Waals surface area (Å²) in [6.07, 6.45) is 0. The molecule has 0 aliphatic heterocycles. The number of anilines is 2. The number of hydrogen-bond acceptors (Lipinski definition) is 4. The third kappa shape index (κ3) is 6.06. The molecule has 0 radical (unpaired) electrons. The van der Waals surface area contributed by atoms with E-state index in [1.54, 1.807) is 49.4 Å². The van der Waals surface area contributed by atoms with Gasteiger partial charge in [-0.1, -0.05) is 78.0 Å². The number of carbonyl (C=O) groups is 1. The summed E-state index contributed by atoms with van der Waals surface area (Å²) in [5.41, 5.74) is 1.64. The van der Waals surface area contributed by atoms with Gasteiger partial charge in [0.05, 0.1) is 16.3 Å². The Morgan fingerprint density at radius 1 is 0.886 bits per heavy atom. The molecule has 0 saturated heterocycles. The number of hydrogen-bond donors (Lipinski definition) is 1. The topological polar surface area (TPSA) is 66.5 Å². The van der Waals surface area contributed by atoms with Crippen molar-refractivity contribution in [2.75, 3.05) is 16.2 Å². The highest BCUT2D eigenvalue weighted by atomic mass is 35.5. The Hall–Kier alpha value is -3.26. The van der Waals surface area contributed by atoms with E-state index < -0.39 is 22.5 Å². The molecule has 0 atom stereocenters. The number of halogens is 1. The van der Waals surface area contributed by atoms with Crippen LogP contribution in [0.5, 0.6) is 0 Å². The summed E-state index contributed by atoms with van der Waals surface area (Å²) in [4.78, 5) is 15.2. The van der Waals surface area contributed by atoms with Crippen LogP contribution >= 0.6 is 23.4 Å². The molecule has 35 heavy (non-hydrogen) atoms. The van der Waals surface area contributed by atoms with Crippen LogP contribution in [-0.4, -0.2) is 20.9 Å². The van der Waals surface area contributed by atoms with Crippen molar-refractivity contribution in [3.05, 3.63) is 114 Å². The van der Waals surface area contributed by atoms with Crippen molar-refractivity contribution in [2.24, 2.45) is 0 Å². The summed E-state index contributed by atoms with van der Waals surface area (Å²) in [5.74, 6) is -0.468. The number of aryl methyl sites for hydroxylation is 1. The van der Waals surface area contributed by atoms with Gasteiger partial charge in [-0.25, -0.2) is 8.42 Å². The molecule has 0 saturated carbocycles. The Bertz CT molecular complexity index is 1430. The van der Waals surface area contributed by atoms with Crippen molar-refractivity contribution in [3.8, 4) is 0 Å². The van der Waals surface area contributed by atoms with Crippen molar-refractivity contribution in [1.29, 1.82) is 0 Å². The summed E-state index contributed by atoms with van der Waals surface area (Å²) >= 11 is 7.71. The molecule has 0 bridgehead atoms. The normalized spacial score (nSPS) is 11.1. The maximum atomic E-state index is 13.6. The van der Waals surface area contributed by atoms with E-state index in [2.05, 4.69) is 5.32 Å². The fourth-order valence-electron chi connectivity index (χ4n) is 3.47. The van der Waals surface area contributed by atoms with Gasteiger partial charge >= 0.3 is 0 Å². The van der Waals surface area contributed by atoms with Crippen LogP contribution in [0.3, 0.4) is 0 Å². The van der Waals surface area contributed by atoms with E-state index in [0.717, 1.165) is 14.1 Å². The van der Waals surface area contributed by atoms with Gasteiger partial charge in [-0.05, 0) is 61.0 Å². The predicted molar refractivity (Wildman–Crippen MR) is 143 cm³/mol. The molecule has 4 aromatic carbocycles. The fourth-order valence-corrected chi connectivity index (χ4v) is 6.05. The molecule has 0 aromatic heterocycles. The lowest BCUT2D eigenvalue weighted by Gasteiger charge is -2.26. The SMILES string of the molecule is Cc1ccc(Cl)cc1N(CC(=O)Nc1ccccc1Sc1ccccc1)S(=O)(=O)c1ccccc1. The summed E-state index contributed by atoms with van der Waals surface area (Å²) in [7, 11) is -4.03. The molecule has 1 N–H and O–H groups in total. The molecule has 0 aliphatic rings. The van der Waals surface area contributed by atoms with Crippen LogP contribution < -0.4 is 9.62 Å². The van der Waals surface area contributed by atoms with E-state index in [1.165, 1.54) is 23.9 Å². The number of rotatable bonds is 8. The minimum absolute atomic E-state index is 0.0900. The predicted octanol–water partition coefficient (Wildman–Crippen LogP) is 6.63. The third-order valence-electron chi connectivity index (χ3n) is 5.19. The molecule has 0 aliphatic carbocycles. The Kier molecular flexibility index (Phi) is 7.80. The smallest absolute Gasteiger partial charge is 0.264 e. The van der Waals surface area contributed by atoms with Crippen LogP contribution in [0.25, 0.3) is 0 Å². The van der Waals surface area contributed by atoms with E-state index in [-0.39, 0.29) is 4.90 Å². The monoisotopic (exact) mass is 522 g/mol. The van der Waals surface area contributed by atoms with Crippen LogP contribution in [0, 0.1) is 6.92 Å². The highest BCUT2D eigenvalue weighted by molar-refractivity contribution is 7.99. The zero-order chi connectivity index (χ0) is 24.8. The lowest BCUT2D eigenvalue weighted by Crippen LogP contribution is -2.38. The first kappa shape index (κ1) is 24.9. The van der Waals surface area contributed by atoms with Gasteiger partial charge in [-0.2, -0.15) is 0 Å². The second-order valence-corrected chi connectivity index (χ2v) is 11.1. The molecule has 8 heteroatoms. The van der Waals surface area contributed by atoms with Crippen LogP contribution in [0.2, 0.25) is 5.02 Å². The lowest BCUT2D eigenvalue weighted by atomic mass is 10.2. The molecule has 0 fully saturated rings. The number of benzene rings is 4. The molecule has 5 nitrogen and oxygen atoms in total. The first-order valence-corrected chi connectivity index (χ1v) is 13.4. The maximum Gasteiger partial charge on any atom is 0.264 e. The van der Waals surface area contributed by atoms with Crippen LogP contribution in [0.4, 0.5) is 11.4 Å². The Morgan fingerprint density at radius 2 is 1.51 bits per heavy atom. The average molecular weight is 523 g/mol. The Balaban J connectivity index is 1.65. The van der Waals surface area contributed by atoms with Gasteiger partial charge < -0.3 is 5.32 Å². The summed E-state index contributed by atoms with van der Waals surface area (Å²) in [5, 5.41) is 3.27. The van der Waals surface area contributed by atoms with Gasteiger partial charge in [0.1, 0.15) is 6.54 Å². The van der Waals surface area contributed by atoms with Crippen molar-refractivity contribution in [2.45, 2.75) is 21.6 Å². The molecule has 4 aromatic rings. The molecule has 1 amide bonds. The minimum atomic E-state index is -4.03. The lowest BCUT2D eigenvalue weighted by molar-refractivity contribution is -0.114. The highest BCUT2D eigenvalue weighted by Crippen LogP contribution is 2.34. The van der Waals surface area contributed by atoms with Gasteiger partial charge in [0.15, 0.2) is 0 Å². The summed E-state index contributed by atoms with van der Waals surface area (Å²) in [6.45, 7) is 1.37. The van der Waals surface area contributed by atoms with Gasteiger partial charge in [-0.3, -0.25) is 9.10 Å². The first-order valence-electron chi connectivity index (χ1n) is 10.8. The number of amides is 1. The van der Waals surface area contributed by atoms with Crippen molar-refractivity contribution in [3.63, 3.8) is 0 Å². The number of nitrogens with one attached hydrogen (secondary N) is 1. The maximum absolute atomic E-state index is 13.6. The van der Waals surface area contributed by atoms with Gasteiger partial charge in [0, 0.05) is 14.8 Å². The second-order valence-electron chi connectivity index (χ2n) is 7.71. The van der Waals surface area contributed by atoms with E-state index in [4.69, 9.17) is 11.6 Å². The van der Waals surface area contributed by atoms with Crippen molar-refractivity contribution >= 4 is 50.7 Å². The van der Waals surface area contributed by atoms with Gasteiger partial charge in [-0.15, -0.1) is 0 Å². The summed E-state index contributed by atoms with van der Waals surface area (Å²) in [6, 6.07) is 30.2. The van der Waals surface area contributed by atoms with E-state index >= 15 is 0 Å². The van der Waals surface area contributed by atoms with Crippen molar-refractivity contribution in [1.82, 2.24) is 0 Å². The molecule has 4 rings (SSSR count).